The predicted molar refractivity (Wildman–Crippen MR) is 81.7 cm³/mol. The molecule has 0 saturated heterocycles. The first-order valence-electron chi connectivity index (χ1n) is 6.08. The lowest BCUT2D eigenvalue weighted by atomic mass is 10.1. The zero-order chi connectivity index (χ0) is 12.5. The van der Waals surface area contributed by atoms with Crippen molar-refractivity contribution in [3.05, 3.63) is 39.6 Å². The summed E-state index contributed by atoms with van der Waals surface area (Å²) >= 11 is 2.24. The summed E-state index contributed by atoms with van der Waals surface area (Å²) in [5.41, 5.74) is 2.52. The Labute approximate surface area is 120 Å². The van der Waals surface area contributed by atoms with Crippen molar-refractivity contribution in [3.8, 4) is 11.4 Å². The van der Waals surface area contributed by atoms with Crippen molar-refractivity contribution in [2.75, 3.05) is 12.4 Å². The molecule has 0 aliphatic heterocycles. The Hall–Kier alpha value is -1.17. The Morgan fingerprint density at radius 1 is 1.33 bits per heavy atom. The van der Waals surface area contributed by atoms with Gasteiger partial charge in [-0.2, -0.15) is 0 Å². The first-order chi connectivity index (χ1) is 8.78. The Kier molecular flexibility index (Phi) is 3.20. The van der Waals surface area contributed by atoms with Gasteiger partial charge in [0.2, 0.25) is 0 Å². The fraction of sp³-hybridized carbons (Fsp3) is 0.286. The van der Waals surface area contributed by atoms with Crippen molar-refractivity contribution >= 4 is 28.4 Å². The van der Waals surface area contributed by atoms with E-state index in [-0.39, 0.29) is 0 Å². The predicted octanol–water partition coefficient (Wildman–Crippen LogP) is 3.67. The molecule has 0 unspecified atom stereocenters. The topological polar surface area (TPSA) is 37.8 Å². The van der Waals surface area contributed by atoms with Gasteiger partial charge in [0.05, 0.1) is 3.57 Å². The van der Waals surface area contributed by atoms with Crippen LogP contribution in [0.2, 0.25) is 0 Å². The molecule has 1 aliphatic carbocycles. The third-order valence-corrected chi connectivity index (χ3v) is 3.96. The van der Waals surface area contributed by atoms with Crippen molar-refractivity contribution in [1.82, 2.24) is 9.97 Å². The van der Waals surface area contributed by atoms with Crippen molar-refractivity contribution in [2.45, 2.75) is 18.8 Å². The van der Waals surface area contributed by atoms with Crippen molar-refractivity contribution < 1.29 is 0 Å². The van der Waals surface area contributed by atoms with Gasteiger partial charge < -0.3 is 5.32 Å². The average molecular weight is 351 g/mol. The van der Waals surface area contributed by atoms with Gasteiger partial charge in [-0.3, -0.25) is 0 Å². The van der Waals surface area contributed by atoms with E-state index >= 15 is 0 Å². The Balaban J connectivity index is 2.00. The molecule has 1 N–H and O–H groups in total. The molecule has 18 heavy (non-hydrogen) atoms. The third kappa shape index (κ3) is 2.34. The second-order valence-corrected chi connectivity index (χ2v) is 5.70. The van der Waals surface area contributed by atoms with Crippen LogP contribution >= 0.6 is 22.6 Å². The highest BCUT2D eigenvalue weighted by Gasteiger charge is 2.23. The molecular formula is C14H14IN3. The highest BCUT2D eigenvalue weighted by Crippen LogP contribution is 2.40. The van der Waals surface area contributed by atoms with Crippen molar-refractivity contribution in [2.24, 2.45) is 0 Å². The normalized spacial score (nSPS) is 14.6. The largest absolute Gasteiger partial charge is 0.372 e. The number of nitrogens with one attached hydrogen (secondary N) is 1. The summed E-state index contributed by atoms with van der Waals surface area (Å²) in [6, 6.07) is 8.60. The molecule has 0 bridgehead atoms. The van der Waals surface area contributed by atoms with Gasteiger partial charge in [-0.15, -0.1) is 0 Å². The summed E-state index contributed by atoms with van der Waals surface area (Å²) in [5.74, 6) is 2.44. The van der Waals surface area contributed by atoms with Gasteiger partial charge in [-0.05, 0) is 53.0 Å². The minimum absolute atomic E-state index is 0.762. The molecule has 1 heterocycles. The lowest BCUT2D eigenvalue weighted by molar-refractivity contribution is 1.11. The van der Waals surface area contributed by atoms with E-state index in [4.69, 9.17) is 0 Å². The van der Waals surface area contributed by atoms with Crippen LogP contribution in [-0.2, 0) is 0 Å². The van der Waals surface area contributed by atoms with Gasteiger partial charge in [0, 0.05) is 18.8 Å². The van der Waals surface area contributed by atoms with Crippen LogP contribution in [0.5, 0.6) is 0 Å². The van der Waals surface area contributed by atoms with Gasteiger partial charge in [0.15, 0.2) is 5.82 Å². The zero-order valence-corrected chi connectivity index (χ0v) is 12.3. The van der Waals surface area contributed by atoms with Crippen LogP contribution in [0.1, 0.15) is 24.3 Å². The van der Waals surface area contributed by atoms with Crippen molar-refractivity contribution in [3.63, 3.8) is 0 Å². The minimum Gasteiger partial charge on any atom is -0.372 e. The summed E-state index contributed by atoms with van der Waals surface area (Å²) < 4.78 is 1.04. The molecule has 1 saturated carbocycles. The molecule has 3 rings (SSSR count). The molecule has 1 fully saturated rings. The monoisotopic (exact) mass is 351 g/mol. The Morgan fingerprint density at radius 2 is 2.17 bits per heavy atom. The summed E-state index contributed by atoms with van der Waals surface area (Å²) in [5, 5.41) is 3.10. The van der Waals surface area contributed by atoms with Crippen LogP contribution in [0.15, 0.2) is 30.5 Å². The summed E-state index contributed by atoms with van der Waals surface area (Å²) in [4.78, 5) is 8.97. The Bertz CT molecular complexity index is 579. The van der Waals surface area contributed by atoms with Gasteiger partial charge in [0.1, 0.15) is 5.82 Å². The van der Waals surface area contributed by atoms with E-state index in [9.17, 15) is 0 Å². The highest BCUT2D eigenvalue weighted by molar-refractivity contribution is 14.1. The van der Waals surface area contributed by atoms with Crippen LogP contribution in [0.3, 0.4) is 0 Å². The number of hydrogen-bond acceptors (Lipinski definition) is 3. The van der Waals surface area contributed by atoms with E-state index < -0.39 is 0 Å². The third-order valence-electron chi connectivity index (χ3n) is 3.17. The number of nitrogens with zero attached hydrogens (tertiary/aromatic N) is 2. The fourth-order valence-corrected chi connectivity index (χ4v) is 2.56. The molecule has 92 valence electrons. The molecule has 0 radical (unpaired) electrons. The van der Waals surface area contributed by atoms with E-state index in [2.05, 4.69) is 62.1 Å². The Morgan fingerprint density at radius 3 is 2.89 bits per heavy atom. The number of rotatable bonds is 3. The lowest BCUT2D eigenvalue weighted by Gasteiger charge is -2.06. The van der Waals surface area contributed by atoms with Gasteiger partial charge >= 0.3 is 0 Å². The van der Waals surface area contributed by atoms with Gasteiger partial charge in [0.25, 0.3) is 0 Å². The first kappa shape index (κ1) is 11.9. The van der Waals surface area contributed by atoms with Crippen LogP contribution in [0.4, 0.5) is 5.82 Å². The molecule has 0 spiro atoms. The second-order valence-electron chi connectivity index (χ2n) is 4.54. The minimum atomic E-state index is 0.762. The maximum atomic E-state index is 4.55. The van der Waals surface area contributed by atoms with E-state index in [1.165, 1.54) is 18.4 Å². The molecule has 2 aromatic rings. The fourth-order valence-electron chi connectivity index (χ4n) is 2.03. The number of anilines is 1. The van der Waals surface area contributed by atoms with Crippen LogP contribution in [0.25, 0.3) is 11.4 Å². The first-order valence-corrected chi connectivity index (χ1v) is 7.16. The molecule has 0 atom stereocenters. The van der Waals surface area contributed by atoms with Crippen LogP contribution in [0, 0.1) is 3.57 Å². The molecule has 0 amide bonds. The van der Waals surface area contributed by atoms with Crippen LogP contribution < -0.4 is 5.32 Å². The molecule has 1 aliphatic rings. The smallest absolute Gasteiger partial charge is 0.161 e. The lowest BCUT2D eigenvalue weighted by Crippen LogP contribution is -1.99. The van der Waals surface area contributed by atoms with Crippen LogP contribution in [-0.4, -0.2) is 17.0 Å². The van der Waals surface area contributed by atoms with E-state index in [1.54, 1.807) is 0 Å². The highest BCUT2D eigenvalue weighted by atomic mass is 127. The standard InChI is InChI=1S/C14H14IN3/c1-16-14-12(15)8-17-13(18-14)11-4-2-3-10(7-11)9-5-6-9/h2-4,7-9H,5-6H2,1H3,(H,16,17,18). The van der Waals surface area contributed by atoms with Gasteiger partial charge in [-0.1, -0.05) is 18.2 Å². The summed E-state index contributed by atoms with van der Waals surface area (Å²) in [6.07, 6.45) is 4.50. The van der Waals surface area contributed by atoms with Crippen molar-refractivity contribution in [1.29, 1.82) is 0 Å². The quantitative estimate of drug-likeness (QED) is 0.858. The number of aromatic nitrogens is 2. The average Bonchev–Trinajstić information content (AvgIpc) is 3.24. The van der Waals surface area contributed by atoms with E-state index in [0.717, 1.165) is 26.7 Å². The zero-order valence-electron chi connectivity index (χ0n) is 10.2. The molecule has 1 aromatic heterocycles. The summed E-state index contributed by atoms with van der Waals surface area (Å²) in [6.45, 7) is 0. The second kappa shape index (κ2) is 4.84. The molecule has 1 aromatic carbocycles. The molecular weight excluding hydrogens is 337 g/mol. The number of benzene rings is 1. The van der Waals surface area contributed by atoms with Gasteiger partial charge in [-0.25, -0.2) is 9.97 Å². The van der Waals surface area contributed by atoms with E-state index in [0.29, 0.717) is 0 Å². The number of halogens is 1. The molecule has 4 heteroatoms. The van der Waals surface area contributed by atoms with E-state index in [1.807, 2.05) is 13.2 Å². The maximum absolute atomic E-state index is 4.55. The molecule has 3 nitrogen and oxygen atoms in total. The summed E-state index contributed by atoms with van der Waals surface area (Å²) in [7, 11) is 1.88. The SMILES string of the molecule is CNc1nc(-c2cccc(C3CC3)c2)ncc1I. The maximum Gasteiger partial charge on any atom is 0.161 e. The number of hydrogen-bond donors (Lipinski definition) is 1.